The van der Waals surface area contributed by atoms with E-state index < -0.39 is 0 Å². The van der Waals surface area contributed by atoms with Crippen LogP contribution in [0.1, 0.15) is 40.4 Å². The van der Waals surface area contributed by atoms with Crippen molar-refractivity contribution in [2.24, 2.45) is 0 Å². The Labute approximate surface area is 118 Å². The van der Waals surface area contributed by atoms with Gasteiger partial charge in [-0.05, 0) is 30.7 Å². The maximum atomic E-state index is 11.8. The lowest BCUT2D eigenvalue weighted by molar-refractivity contribution is 0.0984. The van der Waals surface area contributed by atoms with Crippen LogP contribution in [0.5, 0.6) is 5.75 Å². The minimum absolute atomic E-state index is 0.121. The third-order valence-corrected chi connectivity index (χ3v) is 4.15. The van der Waals surface area contributed by atoms with Gasteiger partial charge in [-0.25, -0.2) is 0 Å². The molecule has 0 atom stereocenters. The molecule has 19 heavy (non-hydrogen) atoms. The van der Waals surface area contributed by atoms with Crippen molar-refractivity contribution in [3.63, 3.8) is 0 Å². The molecule has 0 spiro atoms. The number of ketones is 1. The summed E-state index contributed by atoms with van der Waals surface area (Å²) in [5.74, 6) is 0.803. The minimum Gasteiger partial charge on any atom is -0.487 e. The number of benzene rings is 1. The molecule has 0 aliphatic rings. The summed E-state index contributed by atoms with van der Waals surface area (Å²) in [6.45, 7) is 4.54. The number of carbonyl (C=O) groups excluding carboxylic acids is 1. The molecule has 0 saturated heterocycles. The zero-order valence-electron chi connectivity index (χ0n) is 11.3. The second-order valence-electron chi connectivity index (χ2n) is 4.28. The molecule has 0 N–H and O–H groups in total. The Balaban J connectivity index is 2.08. The summed E-state index contributed by atoms with van der Waals surface area (Å²) in [4.78, 5) is 14.4. The van der Waals surface area contributed by atoms with Gasteiger partial charge in [0.1, 0.15) is 12.4 Å². The summed E-state index contributed by atoms with van der Waals surface area (Å²) in [5, 5.41) is 0. The van der Waals surface area contributed by atoms with E-state index in [9.17, 15) is 4.79 Å². The van der Waals surface area contributed by atoms with Crippen LogP contribution in [-0.4, -0.2) is 5.78 Å². The number of para-hydroxylation sites is 1. The molecule has 2 aromatic rings. The van der Waals surface area contributed by atoms with Crippen LogP contribution in [0.4, 0.5) is 0 Å². The van der Waals surface area contributed by atoms with Gasteiger partial charge in [-0.1, -0.05) is 26.0 Å². The second kappa shape index (κ2) is 6.53. The highest BCUT2D eigenvalue weighted by Gasteiger charge is 2.10. The standard InChI is InChI=1S/C16H18O2S/c1-3-12-9-10-13(19-12)11-18-16-8-6-5-7-14(16)15(17)4-2/h5-10H,3-4,11H2,1-2H3. The van der Waals surface area contributed by atoms with E-state index in [1.165, 1.54) is 9.75 Å². The van der Waals surface area contributed by atoms with Gasteiger partial charge in [-0.15, -0.1) is 11.3 Å². The predicted octanol–water partition coefficient (Wildman–Crippen LogP) is 4.48. The van der Waals surface area contributed by atoms with Gasteiger partial charge in [0.05, 0.1) is 5.56 Å². The Bertz CT molecular complexity index is 557. The normalized spacial score (nSPS) is 10.4. The Morgan fingerprint density at radius 1 is 1.11 bits per heavy atom. The topological polar surface area (TPSA) is 26.3 Å². The lowest BCUT2D eigenvalue weighted by Crippen LogP contribution is -2.02. The van der Waals surface area contributed by atoms with E-state index >= 15 is 0 Å². The lowest BCUT2D eigenvalue weighted by atomic mass is 10.1. The van der Waals surface area contributed by atoms with Gasteiger partial charge >= 0.3 is 0 Å². The van der Waals surface area contributed by atoms with Crippen LogP contribution in [-0.2, 0) is 13.0 Å². The summed E-state index contributed by atoms with van der Waals surface area (Å²) >= 11 is 1.76. The molecule has 1 heterocycles. The molecular formula is C16H18O2S. The third-order valence-electron chi connectivity index (χ3n) is 2.94. The fraction of sp³-hybridized carbons (Fsp3) is 0.312. The molecule has 0 saturated carbocycles. The van der Waals surface area contributed by atoms with Crippen LogP contribution >= 0.6 is 11.3 Å². The third kappa shape index (κ3) is 3.44. The first-order valence-electron chi connectivity index (χ1n) is 6.57. The van der Waals surface area contributed by atoms with Crippen molar-refractivity contribution >= 4 is 17.1 Å². The molecule has 0 aliphatic carbocycles. The van der Waals surface area contributed by atoms with Crippen molar-refractivity contribution in [1.82, 2.24) is 0 Å². The van der Waals surface area contributed by atoms with Crippen LogP contribution in [0.2, 0.25) is 0 Å². The number of carbonyl (C=O) groups is 1. The molecule has 0 bridgehead atoms. The molecule has 1 aromatic carbocycles. The second-order valence-corrected chi connectivity index (χ2v) is 5.54. The number of rotatable bonds is 6. The largest absolute Gasteiger partial charge is 0.487 e. The van der Waals surface area contributed by atoms with Crippen LogP contribution in [0.25, 0.3) is 0 Å². The smallest absolute Gasteiger partial charge is 0.166 e. The molecule has 0 fully saturated rings. The SMILES string of the molecule is CCC(=O)c1ccccc1OCc1ccc(CC)s1. The van der Waals surface area contributed by atoms with Gasteiger partial charge in [-0.2, -0.15) is 0 Å². The fourth-order valence-electron chi connectivity index (χ4n) is 1.85. The minimum atomic E-state index is 0.121. The number of ether oxygens (including phenoxy) is 1. The number of aryl methyl sites for hydroxylation is 1. The van der Waals surface area contributed by atoms with Gasteiger partial charge in [0.15, 0.2) is 5.78 Å². The molecule has 0 aliphatic heterocycles. The summed E-state index contributed by atoms with van der Waals surface area (Å²) in [7, 11) is 0. The first-order valence-corrected chi connectivity index (χ1v) is 7.38. The quantitative estimate of drug-likeness (QED) is 0.726. The molecule has 2 rings (SSSR count). The molecule has 0 radical (unpaired) electrons. The zero-order valence-corrected chi connectivity index (χ0v) is 12.1. The molecular weight excluding hydrogens is 256 g/mol. The van der Waals surface area contributed by atoms with Crippen molar-refractivity contribution in [2.45, 2.75) is 33.3 Å². The van der Waals surface area contributed by atoms with E-state index in [1.807, 2.05) is 31.2 Å². The van der Waals surface area contributed by atoms with E-state index in [2.05, 4.69) is 19.1 Å². The molecule has 0 amide bonds. The average Bonchev–Trinajstić information content (AvgIpc) is 2.92. The zero-order chi connectivity index (χ0) is 13.7. The van der Waals surface area contributed by atoms with Gasteiger partial charge in [0.25, 0.3) is 0 Å². The van der Waals surface area contributed by atoms with E-state index in [0.29, 0.717) is 24.3 Å². The van der Waals surface area contributed by atoms with Crippen molar-refractivity contribution in [1.29, 1.82) is 0 Å². The van der Waals surface area contributed by atoms with Crippen LogP contribution in [0.15, 0.2) is 36.4 Å². The highest BCUT2D eigenvalue weighted by molar-refractivity contribution is 7.11. The van der Waals surface area contributed by atoms with Crippen molar-refractivity contribution in [3.05, 3.63) is 51.7 Å². The maximum Gasteiger partial charge on any atom is 0.166 e. The molecule has 100 valence electrons. The Hall–Kier alpha value is -1.61. The van der Waals surface area contributed by atoms with Crippen molar-refractivity contribution in [2.75, 3.05) is 0 Å². The summed E-state index contributed by atoms with van der Waals surface area (Å²) in [6, 6.07) is 11.7. The summed E-state index contributed by atoms with van der Waals surface area (Å²) in [6.07, 6.45) is 1.55. The number of hydrogen-bond donors (Lipinski definition) is 0. The fourth-order valence-corrected chi connectivity index (χ4v) is 2.72. The highest BCUT2D eigenvalue weighted by Crippen LogP contribution is 2.23. The number of thiophene rings is 1. The summed E-state index contributed by atoms with van der Waals surface area (Å²) < 4.78 is 5.79. The summed E-state index contributed by atoms with van der Waals surface area (Å²) in [5.41, 5.74) is 0.678. The molecule has 1 aromatic heterocycles. The Kier molecular flexibility index (Phi) is 4.74. The maximum absolute atomic E-state index is 11.8. The lowest BCUT2D eigenvalue weighted by Gasteiger charge is -2.09. The number of hydrogen-bond acceptors (Lipinski definition) is 3. The van der Waals surface area contributed by atoms with Gasteiger partial charge < -0.3 is 4.74 Å². The van der Waals surface area contributed by atoms with Crippen molar-refractivity contribution < 1.29 is 9.53 Å². The first-order chi connectivity index (χ1) is 9.24. The van der Waals surface area contributed by atoms with Gasteiger partial charge in [0, 0.05) is 16.2 Å². The van der Waals surface area contributed by atoms with E-state index in [1.54, 1.807) is 11.3 Å². The van der Waals surface area contributed by atoms with E-state index in [0.717, 1.165) is 6.42 Å². The van der Waals surface area contributed by atoms with Gasteiger partial charge in [0.2, 0.25) is 0 Å². The molecule has 0 unspecified atom stereocenters. The van der Waals surface area contributed by atoms with E-state index in [4.69, 9.17) is 4.74 Å². The van der Waals surface area contributed by atoms with E-state index in [-0.39, 0.29) is 5.78 Å². The Morgan fingerprint density at radius 3 is 2.53 bits per heavy atom. The van der Waals surface area contributed by atoms with Gasteiger partial charge in [-0.3, -0.25) is 4.79 Å². The number of Topliss-reactive ketones (excluding diaryl/α,β-unsaturated/α-hetero) is 1. The average molecular weight is 274 g/mol. The van der Waals surface area contributed by atoms with Crippen LogP contribution in [0.3, 0.4) is 0 Å². The molecule has 3 heteroatoms. The monoisotopic (exact) mass is 274 g/mol. The first kappa shape index (κ1) is 13.8. The predicted molar refractivity (Wildman–Crippen MR) is 79.1 cm³/mol. The highest BCUT2D eigenvalue weighted by atomic mass is 32.1. The van der Waals surface area contributed by atoms with Crippen LogP contribution < -0.4 is 4.74 Å². The Morgan fingerprint density at radius 2 is 1.84 bits per heavy atom. The molecule has 2 nitrogen and oxygen atoms in total. The van der Waals surface area contributed by atoms with Crippen molar-refractivity contribution in [3.8, 4) is 5.75 Å². The van der Waals surface area contributed by atoms with Crippen LogP contribution in [0, 0.1) is 0 Å².